The quantitative estimate of drug-likeness (QED) is 0.744. The van der Waals surface area contributed by atoms with Gasteiger partial charge in [0.05, 0.1) is 12.1 Å². The van der Waals surface area contributed by atoms with E-state index in [4.69, 9.17) is 5.73 Å². The summed E-state index contributed by atoms with van der Waals surface area (Å²) in [5.74, 6) is -0.756. The van der Waals surface area contributed by atoms with Crippen LogP contribution in [0, 0.1) is 0 Å². The summed E-state index contributed by atoms with van der Waals surface area (Å²) in [4.78, 5) is 28.3. The van der Waals surface area contributed by atoms with Crippen LogP contribution in [-0.2, 0) is 16.0 Å². The van der Waals surface area contributed by atoms with E-state index in [9.17, 15) is 9.59 Å². The lowest BCUT2D eigenvalue weighted by molar-refractivity contribution is -0.141. The summed E-state index contributed by atoms with van der Waals surface area (Å²) in [7, 11) is 2.81. The number of esters is 1. The van der Waals surface area contributed by atoms with Gasteiger partial charge in [-0.2, -0.15) is 0 Å². The Hall–Kier alpha value is -1.47. The molecule has 0 radical (unpaired) electrons. The molecule has 1 aromatic rings. The van der Waals surface area contributed by atoms with Crippen molar-refractivity contribution in [2.24, 2.45) is 5.73 Å². The van der Waals surface area contributed by atoms with E-state index in [0.29, 0.717) is 18.7 Å². The van der Waals surface area contributed by atoms with Crippen molar-refractivity contribution in [2.75, 3.05) is 27.2 Å². The molecule has 1 heterocycles. The molecule has 1 aromatic heterocycles. The van der Waals surface area contributed by atoms with E-state index in [0.717, 1.165) is 5.01 Å². The van der Waals surface area contributed by atoms with Gasteiger partial charge in [-0.1, -0.05) is 0 Å². The second-order valence-electron chi connectivity index (χ2n) is 3.40. The highest BCUT2D eigenvalue weighted by Crippen LogP contribution is 2.11. The van der Waals surface area contributed by atoms with Crippen molar-refractivity contribution >= 4 is 23.2 Å². The molecule has 0 spiro atoms. The van der Waals surface area contributed by atoms with Crippen molar-refractivity contribution in [3.8, 4) is 0 Å². The molecule has 0 fully saturated rings. The second-order valence-corrected chi connectivity index (χ2v) is 4.35. The summed E-state index contributed by atoms with van der Waals surface area (Å²) in [6.07, 6.45) is 0.651. The second kappa shape index (κ2) is 6.31. The van der Waals surface area contributed by atoms with Crippen LogP contribution in [0.2, 0.25) is 0 Å². The van der Waals surface area contributed by atoms with Gasteiger partial charge < -0.3 is 15.4 Å². The molecule has 0 saturated carbocycles. The Labute approximate surface area is 103 Å². The molecule has 0 aliphatic heterocycles. The highest BCUT2D eigenvalue weighted by Gasteiger charge is 2.17. The molecule has 94 valence electrons. The summed E-state index contributed by atoms with van der Waals surface area (Å²) in [6.45, 7) is 0.415. The van der Waals surface area contributed by atoms with Crippen LogP contribution in [0.15, 0.2) is 5.38 Å². The minimum atomic E-state index is -0.460. The van der Waals surface area contributed by atoms with Gasteiger partial charge >= 0.3 is 5.97 Å². The maximum absolute atomic E-state index is 11.8. The van der Waals surface area contributed by atoms with Gasteiger partial charge in [-0.05, 0) is 6.54 Å². The smallest absolute Gasteiger partial charge is 0.325 e. The average Bonchev–Trinajstić information content (AvgIpc) is 2.76. The largest absolute Gasteiger partial charge is 0.468 e. The number of thiazole rings is 1. The van der Waals surface area contributed by atoms with E-state index in [1.54, 1.807) is 5.38 Å². The number of rotatable bonds is 5. The predicted molar refractivity (Wildman–Crippen MR) is 63.8 cm³/mol. The monoisotopic (exact) mass is 257 g/mol. The van der Waals surface area contributed by atoms with Crippen molar-refractivity contribution in [1.29, 1.82) is 0 Å². The molecule has 0 bridgehead atoms. The molecular formula is C10H15N3O3S. The summed E-state index contributed by atoms with van der Waals surface area (Å²) >= 11 is 1.39. The molecule has 0 aliphatic carbocycles. The highest BCUT2D eigenvalue weighted by atomic mass is 32.1. The zero-order valence-electron chi connectivity index (χ0n) is 9.80. The zero-order valence-corrected chi connectivity index (χ0v) is 10.6. The lowest BCUT2D eigenvalue weighted by atomic mass is 10.4. The average molecular weight is 257 g/mol. The number of carbonyl (C=O) groups is 2. The maximum atomic E-state index is 11.8. The highest BCUT2D eigenvalue weighted by molar-refractivity contribution is 7.09. The van der Waals surface area contributed by atoms with Crippen molar-refractivity contribution in [3.05, 3.63) is 16.1 Å². The lowest BCUT2D eigenvalue weighted by Crippen LogP contribution is -2.32. The van der Waals surface area contributed by atoms with E-state index in [-0.39, 0.29) is 12.5 Å². The fourth-order valence-corrected chi connectivity index (χ4v) is 1.96. The van der Waals surface area contributed by atoms with Gasteiger partial charge in [-0.15, -0.1) is 11.3 Å². The van der Waals surface area contributed by atoms with Gasteiger partial charge in [0, 0.05) is 18.8 Å². The fraction of sp³-hybridized carbons (Fsp3) is 0.500. The number of methoxy groups -OCH3 is 1. The third-order valence-corrected chi connectivity index (χ3v) is 2.98. The normalized spacial score (nSPS) is 10.1. The molecule has 6 nitrogen and oxygen atoms in total. The molecule has 0 saturated heterocycles. The molecule has 17 heavy (non-hydrogen) atoms. The number of carbonyl (C=O) groups excluding carboxylic acids is 2. The Balaban J connectivity index is 2.64. The summed E-state index contributed by atoms with van der Waals surface area (Å²) in [5.41, 5.74) is 5.74. The van der Waals surface area contributed by atoms with Crippen LogP contribution in [0.3, 0.4) is 0 Å². The molecule has 0 unspecified atom stereocenters. The molecule has 1 amide bonds. The van der Waals surface area contributed by atoms with Gasteiger partial charge in [0.2, 0.25) is 0 Å². The SMILES string of the molecule is COC(=O)CN(C)C(=O)c1csc(CCN)n1. The van der Waals surface area contributed by atoms with Gasteiger partial charge in [0.1, 0.15) is 12.2 Å². The first kappa shape index (κ1) is 13.6. The summed E-state index contributed by atoms with van der Waals surface area (Å²) < 4.78 is 4.48. The van der Waals surface area contributed by atoms with Crippen LogP contribution in [0.1, 0.15) is 15.5 Å². The van der Waals surface area contributed by atoms with Crippen LogP contribution >= 0.6 is 11.3 Å². The van der Waals surface area contributed by atoms with Crippen molar-refractivity contribution in [3.63, 3.8) is 0 Å². The van der Waals surface area contributed by atoms with E-state index in [2.05, 4.69) is 9.72 Å². The van der Waals surface area contributed by atoms with Crippen molar-refractivity contribution < 1.29 is 14.3 Å². The van der Waals surface area contributed by atoms with Crippen LogP contribution in [0.25, 0.3) is 0 Å². The standard InChI is InChI=1S/C10H15N3O3S/c1-13(5-9(14)16-2)10(15)7-6-17-8(12-7)3-4-11/h6H,3-5,11H2,1-2H3. The number of nitrogens with two attached hydrogens (primary N) is 1. The minimum Gasteiger partial charge on any atom is -0.468 e. The number of hydrogen-bond acceptors (Lipinski definition) is 6. The van der Waals surface area contributed by atoms with Crippen LogP contribution in [0.4, 0.5) is 0 Å². The minimum absolute atomic E-state index is 0.0842. The Bertz CT molecular complexity index is 405. The van der Waals surface area contributed by atoms with Crippen LogP contribution in [-0.4, -0.2) is 49.0 Å². The Morgan fingerprint density at radius 1 is 1.59 bits per heavy atom. The Morgan fingerprint density at radius 2 is 2.29 bits per heavy atom. The van der Waals surface area contributed by atoms with Crippen LogP contribution in [0.5, 0.6) is 0 Å². The lowest BCUT2D eigenvalue weighted by Gasteiger charge is -2.13. The summed E-state index contributed by atoms with van der Waals surface area (Å²) in [5, 5.41) is 2.49. The molecule has 2 N–H and O–H groups in total. The molecule has 1 rings (SSSR count). The number of likely N-dealkylation sites (N-methyl/N-ethyl adjacent to an activating group) is 1. The van der Waals surface area contributed by atoms with Gasteiger partial charge in [-0.25, -0.2) is 4.98 Å². The van der Waals surface area contributed by atoms with Crippen molar-refractivity contribution in [2.45, 2.75) is 6.42 Å². The van der Waals surface area contributed by atoms with Crippen LogP contribution < -0.4 is 5.73 Å². The topological polar surface area (TPSA) is 85.5 Å². The predicted octanol–water partition coefficient (Wildman–Crippen LogP) is -0.111. The third kappa shape index (κ3) is 3.79. The van der Waals surface area contributed by atoms with Gasteiger partial charge in [0.15, 0.2) is 0 Å². The summed E-state index contributed by atoms with van der Waals surface area (Å²) in [6, 6.07) is 0. The molecule has 0 aliphatic rings. The molecular weight excluding hydrogens is 242 g/mol. The van der Waals surface area contributed by atoms with Gasteiger partial charge in [-0.3, -0.25) is 9.59 Å². The number of ether oxygens (including phenoxy) is 1. The molecule has 0 aromatic carbocycles. The maximum Gasteiger partial charge on any atom is 0.325 e. The first-order valence-corrected chi connectivity index (χ1v) is 5.93. The number of aromatic nitrogens is 1. The zero-order chi connectivity index (χ0) is 12.8. The molecule has 7 heteroatoms. The number of amides is 1. The molecule has 0 atom stereocenters. The third-order valence-electron chi connectivity index (χ3n) is 2.07. The van der Waals surface area contributed by atoms with Crippen molar-refractivity contribution in [1.82, 2.24) is 9.88 Å². The van der Waals surface area contributed by atoms with E-state index in [1.807, 2.05) is 0 Å². The number of hydrogen-bond donors (Lipinski definition) is 1. The van der Waals surface area contributed by atoms with E-state index >= 15 is 0 Å². The first-order valence-electron chi connectivity index (χ1n) is 5.05. The Morgan fingerprint density at radius 3 is 2.88 bits per heavy atom. The van der Waals surface area contributed by atoms with E-state index in [1.165, 1.54) is 30.4 Å². The van der Waals surface area contributed by atoms with Gasteiger partial charge in [0.25, 0.3) is 5.91 Å². The Kier molecular flexibility index (Phi) is 5.05. The first-order chi connectivity index (χ1) is 8.08. The number of nitrogens with zero attached hydrogens (tertiary/aromatic N) is 2. The fourth-order valence-electron chi connectivity index (χ4n) is 1.17. The van der Waals surface area contributed by atoms with E-state index < -0.39 is 5.97 Å².